The Morgan fingerprint density at radius 2 is 2.12 bits per heavy atom. The minimum absolute atomic E-state index is 0.0271. The quantitative estimate of drug-likeness (QED) is 0.476. The van der Waals surface area contributed by atoms with Crippen molar-refractivity contribution in [2.45, 2.75) is 50.7 Å². The molecule has 17 heavy (non-hydrogen) atoms. The van der Waals surface area contributed by atoms with Gasteiger partial charge in [-0.1, -0.05) is 19.3 Å². The van der Waals surface area contributed by atoms with Crippen molar-refractivity contribution in [1.29, 1.82) is 5.26 Å². The Labute approximate surface area is 102 Å². The number of nitrogens with zero attached hydrogens (tertiary/aromatic N) is 1. The molecule has 5 heteroatoms. The monoisotopic (exact) mass is 239 g/mol. The number of aliphatic hydroxyl groups excluding tert-OH is 1. The summed E-state index contributed by atoms with van der Waals surface area (Å²) in [5.74, 6) is -0.114. The number of rotatable bonds is 5. The Hall–Kier alpha value is -1.12. The Kier molecular flexibility index (Phi) is 6.60. The van der Waals surface area contributed by atoms with E-state index in [1.165, 1.54) is 0 Å². The lowest BCUT2D eigenvalue weighted by molar-refractivity contribution is -0.120. The number of nitriles is 1. The highest BCUT2D eigenvalue weighted by Crippen LogP contribution is 2.17. The van der Waals surface area contributed by atoms with Crippen LogP contribution in [-0.2, 0) is 4.79 Å². The van der Waals surface area contributed by atoms with Crippen LogP contribution in [0, 0.1) is 11.3 Å². The molecule has 1 saturated carbocycles. The van der Waals surface area contributed by atoms with Gasteiger partial charge in [0.1, 0.15) is 0 Å². The molecule has 0 bridgehead atoms. The summed E-state index contributed by atoms with van der Waals surface area (Å²) in [5, 5.41) is 23.9. The number of carbonyl (C=O) groups is 1. The molecule has 2 atom stereocenters. The van der Waals surface area contributed by atoms with Gasteiger partial charge in [0.05, 0.1) is 25.1 Å². The Morgan fingerprint density at radius 3 is 2.88 bits per heavy atom. The molecule has 0 saturated heterocycles. The molecule has 1 amide bonds. The molecule has 0 heterocycles. The van der Waals surface area contributed by atoms with Crippen molar-refractivity contribution in [3.8, 4) is 6.07 Å². The Balaban J connectivity index is 2.19. The first-order chi connectivity index (χ1) is 8.24. The molecular weight excluding hydrogens is 218 g/mol. The van der Waals surface area contributed by atoms with Crippen LogP contribution in [0.3, 0.4) is 0 Å². The van der Waals surface area contributed by atoms with E-state index in [1.807, 2.05) is 6.07 Å². The van der Waals surface area contributed by atoms with Gasteiger partial charge in [-0.2, -0.15) is 5.26 Å². The molecule has 1 rings (SSSR count). The number of aliphatic hydroxyl groups is 1. The fourth-order valence-corrected chi connectivity index (χ4v) is 2.07. The lowest BCUT2D eigenvalue weighted by atomic mass is 10.1. The first-order valence-corrected chi connectivity index (χ1v) is 6.29. The maximum atomic E-state index is 11.4. The first-order valence-electron chi connectivity index (χ1n) is 6.29. The molecule has 1 aliphatic rings. The zero-order valence-electron chi connectivity index (χ0n) is 10.1. The predicted octanol–water partition coefficient (Wildman–Crippen LogP) is 0.299. The van der Waals surface area contributed by atoms with E-state index in [1.54, 1.807) is 0 Å². The molecule has 0 aliphatic heterocycles. The second-order valence-corrected chi connectivity index (χ2v) is 4.45. The fourth-order valence-electron chi connectivity index (χ4n) is 2.07. The zero-order chi connectivity index (χ0) is 12.5. The summed E-state index contributed by atoms with van der Waals surface area (Å²) >= 11 is 0. The van der Waals surface area contributed by atoms with E-state index < -0.39 is 0 Å². The third-order valence-corrected chi connectivity index (χ3v) is 3.06. The van der Waals surface area contributed by atoms with E-state index in [2.05, 4.69) is 10.6 Å². The van der Waals surface area contributed by atoms with Crippen LogP contribution in [0.2, 0.25) is 0 Å². The topological polar surface area (TPSA) is 85.2 Å². The molecule has 0 aromatic heterocycles. The van der Waals surface area contributed by atoms with Gasteiger partial charge in [0, 0.05) is 12.6 Å². The van der Waals surface area contributed by atoms with E-state index in [-0.39, 0.29) is 24.6 Å². The summed E-state index contributed by atoms with van der Waals surface area (Å²) in [7, 11) is 0. The van der Waals surface area contributed by atoms with Gasteiger partial charge in [0.25, 0.3) is 0 Å². The van der Waals surface area contributed by atoms with E-state index >= 15 is 0 Å². The van der Waals surface area contributed by atoms with Crippen molar-refractivity contribution in [2.75, 3.05) is 13.1 Å². The molecule has 0 spiro atoms. The predicted molar refractivity (Wildman–Crippen MR) is 64.1 cm³/mol. The van der Waals surface area contributed by atoms with Crippen LogP contribution < -0.4 is 10.6 Å². The molecule has 3 N–H and O–H groups in total. The average molecular weight is 239 g/mol. The van der Waals surface area contributed by atoms with E-state index in [4.69, 9.17) is 5.26 Å². The van der Waals surface area contributed by atoms with Gasteiger partial charge < -0.3 is 15.7 Å². The second kappa shape index (κ2) is 8.04. The van der Waals surface area contributed by atoms with Gasteiger partial charge in [0.2, 0.25) is 5.91 Å². The molecule has 2 unspecified atom stereocenters. The smallest absolute Gasteiger partial charge is 0.234 e. The van der Waals surface area contributed by atoms with Gasteiger partial charge in [-0.05, 0) is 12.8 Å². The third-order valence-electron chi connectivity index (χ3n) is 3.06. The summed E-state index contributed by atoms with van der Waals surface area (Å²) in [6, 6.07) is 2.00. The van der Waals surface area contributed by atoms with Crippen LogP contribution in [0.4, 0.5) is 0 Å². The van der Waals surface area contributed by atoms with Crippen molar-refractivity contribution in [3.05, 3.63) is 0 Å². The minimum Gasteiger partial charge on any atom is -0.392 e. The highest BCUT2D eigenvalue weighted by Gasteiger charge is 2.21. The lowest BCUT2D eigenvalue weighted by Crippen LogP contribution is -2.44. The van der Waals surface area contributed by atoms with Crippen LogP contribution >= 0.6 is 0 Å². The second-order valence-electron chi connectivity index (χ2n) is 4.45. The third kappa shape index (κ3) is 5.66. The van der Waals surface area contributed by atoms with Crippen molar-refractivity contribution < 1.29 is 9.90 Å². The van der Waals surface area contributed by atoms with E-state index in [9.17, 15) is 9.90 Å². The van der Waals surface area contributed by atoms with Crippen molar-refractivity contribution in [2.24, 2.45) is 0 Å². The van der Waals surface area contributed by atoms with Crippen LogP contribution in [0.15, 0.2) is 0 Å². The summed E-state index contributed by atoms with van der Waals surface area (Å²) in [6.45, 7) is 0.609. The molecule has 5 nitrogen and oxygen atoms in total. The highest BCUT2D eigenvalue weighted by atomic mass is 16.3. The van der Waals surface area contributed by atoms with E-state index in [0.29, 0.717) is 13.0 Å². The molecule has 1 aliphatic carbocycles. The maximum absolute atomic E-state index is 11.4. The molecule has 0 radical (unpaired) electrons. The van der Waals surface area contributed by atoms with Crippen molar-refractivity contribution >= 4 is 5.91 Å². The molecular formula is C12H21N3O2. The normalized spacial score (nSPS) is 24.7. The number of nitrogens with one attached hydrogen (secondary N) is 2. The van der Waals surface area contributed by atoms with Gasteiger partial charge in [0.15, 0.2) is 0 Å². The van der Waals surface area contributed by atoms with Crippen LogP contribution in [0.5, 0.6) is 0 Å². The summed E-state index contributed by atoms with van der Waals surface area (Å²) in [5.41, 5.74) is 0. The number of hydrogen-bond acceptors (Lipinski definition) is 4. The van der Waals surface area contributed by atoms with Crippen LogP contribution in [0.25, 0.3) is 0 Å². The fraction of sp³-hybridized carbons (Fsp3) is 0.833. The molecule has 0 aromatic carbocycles. The maximum Gasteiger partial charge on any atom is 0.234 e. The first kappa shape index (κ1) is 13.9. The van der Waals surface area contributed by atoms with E-state index in [0.717, 1.165) is 32.1 Å². The standard InChI is InChI=1S/C12H21N3O2/c13-7-4-8-14-12(17)9-15-10-5-2-1-3-6-11(10)16/h10-11,15-16H,1-6,8-9H2,(H,14,17). The molecule has 1 fully saturated rings. The summed E-state index contributed by atoms with van der Waals surface area (Å²) < 4.78 is 0. The number of hydrogen-bond donors (Lipinski definition) is 3. The Bertz CT molecular complexity index is 275. The Morgan fingerprint density at radius 1 is 1.35 bits per heavy atom. The van der Waals surface area contributed by atoms with Crippen LogP contribution in [0.1, 0.15) is 38.5 Å². The summed E-state index contributed by atoms with van der Waals surface area (Å²) in [6.07, 6.45) is 5.05. The molecule has 0 aromatic rings. The van der Waals surface area contributed by atoms with Crippen LogP contribution in [-0.4, -0.2) is 36.2 Å². The lowest BCUT2D eigenvalue weighted by Gasteiger charge is -2.21. The van der Waals surface area contributed by atoms with Crippen molar-refractivity contribution in [3.63, 3.8) is 0 Å². The number of amides is 1. The van der Waals surface area contributed by atoms with Gasteiger partial charge >= 0.3 is 0 Å². The van der Waals surface area contributed by atoms with Gasteiger partial charge in [-0.15, -0.1) is 0 Å². The largest absolute Gasteiger partial charge is 0.392 e. The summed E-state index contributed by atoms with van der Waals surface area (Å²) in [4.78, 5) is 11.4. The average Bonchev–Trinajstić information content (AvgIpc) is 2.52. The van der Waals surface area contributed by atoms with Crippen molar-refractivity contribution in [1.82, 2.24) is 10.6 Å². The number of carbonyl (C=O) groups excluding carboxylic acids is 1. The zero-order valence-corrected chi connectivity index (χ0v) is 10.1. The van der Waals surface area contributed by atoms with Gasteiger partial charge in [-0.3, -0.25) is 4.79 Å². The van der Waals surface area contributed by atoms with Gasteiger partial charge in [-0.25, -0.2) is 0 Å². The molecule has 96 valence electrons. The highest BCUT2D eigenvalue weighted by molar-refractivity contribution is 5.78. The minimum atomic E-state index is -0.343. The SMILES string of the molecule is N#CCCNC(=O)CNC1CCCCCC1O.